The number of nitrogens with zero attached hydrogens (tertiary/aromatic N) is 2. The fourth-order valence-corrected chi connectivity index (χ4v) is 6.51. The van der Waals surface area contributed by atoms with E-state index in [9.17, 15) is 18.0 Å². The number of hydrogen-bond donors (Lipinski definition) is 1. The average molecular weight is 655 g/mol. The Morgan fingerprint density at radius 3 is 2.10 bits per heavy atom. The van der Waals surface area contributed by atoms with Crippen molar-refractivity contribution in [2.45, 2.75) is 57.6 Å². The Bertz CT molecular complexity index is 1510. The van der Waals surface area contributed by atoms with Gasteiger partial charge in [0.15, 0.2) is 0 Å². The molecule has 3 aromatic rings. The summed E-state index contributed by atoms with van der Waals surface area (Å²) in [5.74, 6) is -0.686. The van der Waals surface area contributed by atoms with Gasteiger partial charge in [-0.15, -0.1) is 0 Å². The Morgan fingerprint density at radius 1 is 0.952 bits per heavy atom. The predicted octanol–water partition coefficient (Wildman–Crippen LogP) is 6.49. The summed E-state index contributed by atoms with van der Waals surface area (Å²) in [5, 5.41) is 3.63. The largest absolute Gasteiger partial charge is 0.495 e. The summed E-state index contributed by atoms with van der Waals surface area (Å²) in [6, 6.07) is 14.5. The van der Waals surface area contributed by atoms with Crippen LogP contribution in [0.25, 0.3) is 0 Å². The first-order valence-electron chi connectivity index (χ1n) is 13.3. The molecule has 1 N–H and O–H groups in total. The van der Waals surface area contributed by atoms with E-state index in [0.717, 1.165) is 9.87 Å². The molecule has 0 fully saturated rings. The third-order valence-electron chi connectivity index (χ3n) is 6.52. The van der Waals surface area contributed by atoms with Crippen molar-refractivity contribution in [1.29, 1.82) is 0 Å². The average Bonchev–Trinajstić information content (AvgIpc) is 2.92. The van der Waals surface area contributed by atoms with Crippen molar-refractivity contribution in [3.8, 4) is 5.75 Å². The maximum Gasteiger partial charge on any atom is 0.264 e. The second-order valence-electron chi connectivity index (χ2n) is 9.95. The number of aryl methyl sites for hydroxylation is 1. The van der Waals surface area contributed by atoms with Crippen molar-refractivity contribution in [1.82, 2.24) is 10.2 Å². The molecule has 1 unspecified atom stereocenters. The van der Waals surface area contributed by atoms with Crippen LogP contribution in [0, 0.1) is 6.92 Å². The molecule has 0 aliphatic rings. The van der Waals surface area contributed by atoms with Crippen LogP contribution in [0.2, 0.25) is 15.1 Å². The van der Waals surface area contributed by atoms with Gasteiger partial charge in [0.2, 0.25) is 11.8 Å². The zero-order valence-corrected chi connectivity index (χ0v) is 27.1. The molecule has 0 spiro atoms. The molecule has 226 valence electrons. The highest BCUT2D eigenvalue weighted by atomic mass is 35.5. The molecule has 0 radical (unpaired) electrons. The standard InChI is InChI=1S/C30H34Cl3N3O5S/c1-6-27(30(38)34-19(2)3)35(17-23-24(31)8-7-9-25(23)32)29(37)18-36(21-12-15-28(41-5)26(33)16-21)42(39,40)22-13-10-20(4)11-14-22/h7-16,19,27H,6,17-18H2,1-5H3,(H,34,38). The smallest absolute Gasteiger partial charge is 0.264 e. The zero-order chi connectivity index (χ0) is 31.2. The monoisotopic (exact) mass is 653 g/mol. The molecule has 3 rings (SSSR count). The number of sulfonamides is 1. The third kappa shape index (κ3) is 7.89. The number of halogens is 3. The highest BCUT2D eigenvalue weighted by Gasteiger charge is 2.34. The van der Waals surface area contributed by atoms with E-state index in [4.69, 9.17) is 39.5 Å². The lowest BCUT2D eigenvalue weighted by atomic mass is 10.1. The van der Waals surface area contributed by atoms with Crippen LogP contribution in [-0.4, -0.2) is 50.9 Å². The number of hydrogen-bond acceptors (Lipinski definition) is 5. The lowest BCUT2D eigenvalue weighted by Gasteiger charge is -2.34. The van der Waals surface area contributed by atoms with Crippen LogP contribution >= 0.6 is 34.8 Å². The van der Waals surface area contributed by atoms with Gasteiger partial charge in [-0.25, -0.2) is 8.42 Å². The molecule has 0 aromatic heterocycles. The van der Waals surface area contributed by atoms with Crippen molar-refractivity contribution in [3.63, 3.8) is 0 Å². The molecule has 1 atom stereocenters. The van der Waals surface area contributed by atoms with Crippen molar-refractivity contribution in [2.24, 2.45) is 0 Å². The Morgan fingerprint density at radius 2 is 1.57 bits per heavy atom. The topological polar surface area (TPSA) is 96.0 Å². The van der Waals surface area contributed by atoms with Crippen LogP contribution in [-0.2, 0) is 26.2 Å². The maximum absolute atomic E-state index is 14.2. The number of ether oxygens (including phenoxy) is 1. The van der Waals surface area contributed by atoms with Gasteiger partial charge in [-0.3, -0.25) is 13.9 Å². The maximum atomic E-state index is 14.2. The summed E-state index contributed by atoms with van der Waals surface area (Å²) in [7, 11) is -2.82. The van der Waals surface area contributed by atoms with Crippen LogP contribution in [0.1, 0.15) is 38.3 Å². The molecule has 0 heterocycles. The summed E-state index contributed by atoms with van der Waals surface area (Å²) in [6.45, 7) is 6.47. The lowest BCUT2D eigenvalue weighted by molar-refractivity contribution is -0.140. The predicted molar refractivity (Wildman–Crippen MR) is 168 cm³/mol. The SMILES string of the molecule is CCC(C(=O)NC(C)C)N(Cc1c(Cl)cccc1Cl)C(=O)CN(c1ccc(OC)c(Cl)c1)S(=O)(=O)c1ccc(C)cc1. The number of carbonyl (C=O) groups excluding carboxylic acids is 2. The zero-order valence-electron chi connectivity index (χ0n) is 24.0. The van der Waals surface area contributed by atoms with E-state index in [-0.39, 0.29) is 40.5 Å². The second kappa shape index (κ2) is 14.5. The Hall–Kier alpha value is -2.98. The first-order valence-corrected chi connectivity index (χ1v) is 15.8. The van der Waals surface area contributed by atoms with Gasteiger partial charge in [0.05, 0.1) is 22.7 Å². The van der Waals surface area contributed by atoms with Crippen molar-refractivity contribution < 1.29 is 22.7 Å². The molecule has 0 aliphatic heterocycles. The Balaban J connectivity index is 2.14. The van der Waals surface area contributed by atoms with E-state index in [0.29, 0.717) is 21.4 Å². The number of rotatable bonds is 12. The van der Waals surface area contributed by atoms with E-state index in [1.54, 1.807) is 37.3 Å². The summed E-state index contributed by atoms with van der Waals surface area (Å²) in [5.41, 5.74) is 1.45. The number of carbonyl (C=O) groups is 2. The fourth-order valence-electron chi connectivity index (χ4n) is 4.33. The van der Waals surface area contributed by atoms with E-state index < -0.39 is 28.5 Å². The molecule has 0 bridgehead atoms. The molecule has 3 aromatic carbocycles. The van der Waals surface area contributed by atoms with Gasteiger partial charge < -0.3 is 15.0 Å². The summed E-state index contributed by atoms with van der Waals surface area (Å²) in [6.07, 6.45) is 0.255. The van der Waals surface area contributed by atoms with Gasteiger partial charge in [-0.05, 0) is 69.7 Å². The molecule has 2 amide bonds. The lowest BCUT2D eigenvalue weighted by Crippen LogP contribution is -2.53. The molecule has 0 saturated heterocycles. The Labute approximate surface area is 262 Å². The summed E-state index contributed by atoms with van der Waals surface area (Å²) >= 11 is 19.3. The van der Waals surface area contributed by atoms with Crippen LogP contribution < -0.4 is 14.4 Å². The number of anilines is 1. The molecule has 12 heteroatoms. The minimum Gasteiger partial charge on any atom is -0.495 e. The molecule has 8 nitrogen and oxygen atoms in total. The minimum absolute atomic E-state index is 0.0156. The molecular formula is C30H34Cl3N3O5S. The van der Waals surface area contributed by atoms with Crippen LogP contribution in [0.4, 0.5) is 5.69 Å². The van der Waals surface area contributed by atoms with Crippen LogP contribution in [0.5, 0.6) is 5.75 Å². The normalized spacial score (nSPS) is 12.1. The van der Waals surface area contributed by atoms with Crippen LogP contribution in [0.3, 0.4) is 0 Å². The van der Waals surface area contributed by atoms with Crippen molar-refractivity contribution in [2.75, 3.05) is 18.0 Å². The molecule has 0 aliphatic carbocycles. The Kier molecular flexibility index (Phi) is 11.5. The van der Waals surface area contributed by atoms with Crippen molar-refractivity contribution >= 4 is 62.3 Å². The van der Waals surface area contributed by atoms with Gasteiger partial charge in [0.25, 0.3) is 10.0 Å². The summed E-state index contributed by atoms with van der Waals surface area (Å²) < 4.78 is 34.2. The van der Waals surface area contributed by atoms with Crippen molar-refractivity contribution in [3.05, 3.63) is 86.9 Å². The highest BCUT2D eigenvalue weighted by molar-refractivity contribution is 7.92. The van der Waals surface area contributed by atoms with Gasteiger partial charge >= 0.3 is 0 Å². The van der Waals surface area contributed by atoms with Gasteiger partial charge in [-0.2, -0.15) is 0 Å². The second-order valence-corrected chi connectivity index (χ2v) is 13.0. The number of nitrogens with one attached hydrogen (secondary N) is 1. The molecule has 0 saturated carbocycles. The van der Waals surface area contributed by atoms with Gasteiger partial charge in [0, 0.05) is 28.2 Å². The van der Waals surface area contributed by atoms with Crippen LogP contribution in [0.15, 0.2) is 65.6 Å². The van der Waals surface area contributed by atoms with Gasteiger partial charge in [-0.1, -0.05) is 65.5 Å². The third-order valence-corrected chi connectivity index (χ3v) is 9.31. The quantitative estimate of drug-likeness (QED) is 0.241. The fraction of sp³-hybridized carbons (Fsp3) is 0.333. The van der Waals surface area contributed by atoms with E-state index in [1.807, 2.05) is 20.8 Å². The van der Waals surface area contributed by atoms with Gasteiger partial charge in [0.1, 0.15) is 18.3 Å². The first kappa shape index (κ1) is 33.5. The molecular weight excluding hydrogens is 621 g/mol. The summed E-state index contributed by atoms with van der Waals surface area (Å²) in [4.78, 5) is 28.8. The first-order chi connectivity index (χ1) is 19.8. The number of amides is 2. The number of benzene rings is 3. The number of methoxy groups -OCH3 is 1. The minimum atomic E-state index is -4.26. The highest BCUT2D eigenvalue weighted by Crippen LogP contribution is 2.33. The van der Waals surface area contributed by atoms with E-state index in [2.05, 4.69) is 5.32 Å². The van der Waals surface area contributed by atoms with E-state index >= 15 is 0 Å². The molecule has 42 heavy (non-hydrogen) atoms. The van der Waals surface area contributed by atoms with E-state index in [1.165, 1.54) is 42.3 Å².